The van der Waals surface area contributed by atoms with Crippen LogP contribution in [-0.2, 0) is 29.7 Å². The first-order valence-corrected chi connectivity index (χ1v) is 20.3. The lowest BCUT2D eigenvalue weighted by Gasteiger charge is -2.38. The van der Waals surface area contributed by atoms with E-state index in [9.17, 15) is 19.2 Å². The van der Waals surface area contributed by atoms with Crippen LogP contribution in [0.15, 0.2) is 77.9 Å². The highest BCUT2D eigenvalue weighted by Gasteiger charge is 2.29. The lowest BCUT2D eigenvalue weighted by atomic mass is 10.0. The second-order valence-electron chi connectivity index (χ2n) is 15.7. The maximum atomic E-state index is 16.1. The summed E-state index contributed by atoms with van der Waals surface area (Å²) in [6, 6.07) is 18.4. The number of halogens is 1. The normalized spacial score (nSPS) is 17.8. The molecule has 0 saturated carbocycles. The van der Waals surface area contributed by atoms with Crippen LogP contribution < -0.4 is 35.9 Å². The molecule has 60 heavy (non-hydrogen) atoms. The van der Waals surface area contributed by atoms with E-state index in [1.54, 1.807) is 31.2 Å². The van der Waals surface area contributed by atoms with E-state index in [1.165, 1.54) is 17.7 Å². The Balaban J connectivity index is 0.844. The Labute approximate surface area is 347 Å². The first-order valence-electron chi connectivity index (χ1n) is 20.3. The summed E-state index contributed by atoms with van der Waals surface area (Å²) in [7, 11) is 4.81. The van der Waals surface area contributed by atoms with Crippen molar-refractivity contribution in [1.29, 1.82) is 0 Å². The SMILES string of the molecule is COc1ccc(Cn2ncc3c(-c4cc(F)c(CN5CCN(C(=O)NC6CCN(c7ccc(NC8CCC(=O)NC8=O)cc7)CC6)CC5)c(OC)c4)cn(C)c(=O)c32)cc1. The van der Waals surface area contributed by atoms with Gasteiger partial charge in [-0.15, -0.1) is 0 Å². The summed E-state index contributed by atoms with van der Waals surface area (Å²) in [6.07, 6.45) is 5.78. The Bertz CT molecular complexity index is 2440. The van der Waals surface area contributed by atoms with Gasteiger partial charge >= 0.3 is 6.03 Å². The van der Waals surface area contributed by atoms with Crippen LogP contribution in [0.25, 0.3) is 22.0 Å². The molecule has 3 aromatic carbocycles. The van der Waals surface area contributed by atoms with Crippen molar-refractivity contribution in [3.63, 3.8) is 0 Å². The maximum absolute atomic E-state index is 16.1. The number of pyridine rings is 1. The van der Waals surface area contributed by atoms with E-state index in [1.807, 2.05) is 59.5 Å². The minimum Gasteiger partial charge on any atom is -0.497 e. The monoisotopic (exact) mass is 819 g/mol. The number of nitrogens with zero attached hydrogens (tertiary/aromatic N) is 6. The number of anilines is 2. The molecule has 0 radical (unpaired) electrons. The number of hydrogen-bond acceptors (Lipinski definition) is 10. The van der Waals surface area contributed by atoms with Crippen molar-refractivity contribution in [1.82, 2.24) is 34.8 Å². The van der Waals surface area contributed by atoms with E-state index in [-0.39, 0.29) is 29.4 Å². The van der Waals surface area contributed by atoms with Gasteiger partial charge in [-0.05, 0) is 78.9 Å². The highest BCUT2D eigenvalue weighted by atomic mass is 19.1. The fraction of sp³-hybridized carbons (Fsp3) is 0.386. The number of aryl methyl sites for hydroxylation is 1. The largest absolute Gasteiger partial charge is 0.497 e. The summed E-state index contributed by atoms with van der Waals surface area (Å²) in [5.74, 6) is 0.197. The number of carbonyl (C=O) groups is 3. The number of ether oxygens (including phenoxy) is 2. The van der Waals surface area contributed by atoms with Gasteiger partial charge in [-0.25, -0.2) is 9.18 Å². The number of imide groups is 1. The van der Waals surface area contributed by atoms with Crippen molar-refractivity contribution >= 4 is 40.1 Å². The fourth-order valence-electron chi connectivity index (χ4n) is 8.33. The molecule has 5 heterocycles. The van der Waals surface area contributed by atoms with E-state index in [0.717, 1.165) is 48.6 Å². The van der Waals surface area contributed by atoms with Crippen LogP contribution in [0.5, 0.6) is 11.5 Å². The number of hydrogen-bond donors (Lipinski definition) is 3. The predicted octanol–water partition coefficient (Wildman–Crippen LogP) is 4.32. The van der Waals surface area contributed by atoms with E-state index >= 15 is 4.39 Å². The molecule has 5 aromatic rings. The molecule has 4 amide bonds. The zero-order valence-corrected chi connectivity index (χ0v) is 34.1. The quantitative estimate of drug-likeness (QED) is 0.164. The van der Waals surface area contributed by atoms with Crippen molar-refractivity contribution in [2.24, 2.45) is 7.05 Å². The Kier molecular flexibility index (Phi) is 11.7. The number of carbonyl (C=O) groups excluding carboxylic acids is 3. The predicted molar refractivity (Wildman–Crippen MR) is 226 cm³/mol. The van der Waals surface area contributed by atoms with Crippen LogP contribution in [0.3, 0.4) is 0 Å². The van der Waals surface area contributed by atoms with Gasteiger partial charge in [-0.3, -0.25) is 29.3 Å². The standard InChI is InChI=1S/C44H50FN9O6/c1-50-26-35(34-24-46-54(41(34)43(50)57)25-28-4-10-33(59-2)11-5-28)29-22-37(45)36(39(23-29)60-3)27-51-18-20-53(21-19-51)44(58)48-31-14-16-52(17-15-31)32-8-6-30(7-9-32)47-38-12-13-40(55)49-42(38)56/h4-11,22-24,26,31,38,47H,12-21,25,27H2,1-3H3,(H,48,58)(H,49,55,56). The molecule has 3 fully saturated rings. The zero-order valence-electron chi connectivity index (χ0n) is 34.1. The molecule has 0 bridgehead atoms. The van der Waals surface area contributed by atoms with Gasteiger partial charge in [0, 0.05) is 99.4 Å². The molecule has 0 aliphatic carbocycles. The van der Waals surface area contributed by atoms with Gasteiger partial charge in [-0.1, -0.05) is 12.1 Å². The number of piperidine rings is 2. The van der Waals surface area contributed by atoms with E-state index < -0.39 is 11.9 Å². The summed E-state index contributed by atoms with van der Waals surface area (Å²) in [5.41, 5.74) is 4.74. The third-order valence-corrected chi connectivity index (χ3v) is 11.8. The van der Waals surface area contributed by atoms with E-state index in [4.69, 9.17) is 9.47 Å². The first-order chi connectivity index (χ1) is 29.1. The number of rotatable bonds is 11. The summed E-state index contributed by atoms with van der Waals surface area (Å²) >= 11 is 0. The number of nitrogens with one attached hydrogen (secondary N) is 3. The van der Waals surface area contributed by atoms with Gasteiger partial charge in [0.2, 0.25) is 11.8 Å². The molecule has 0 spiro atoms. The molecule has 16 heteroatoms. The van der Waals surface area contributed by atoms with Crippen LogP contribution in [0.1, 0.15) is 36.8 Å². The molecule has 8 rings (SSSR count). The van der Waals surface area contributed by atoms with Crippen LogP contribution >= 0.6 is 0 Å². The van der Waals surface area contributed by atoms with Gasteiger partial charge in [0.1, 0.15) is 28.9 Å². The van der Waals surface area contributed by atoms with Crippen LogP contribution in [-0.4, -0.2) is 108 Å². The molecule has 3 N–H and O–H groups in total. The Morgan fingerprint density at radius 1 is 0.900 bits per heavy atom. The number of aromatic nitrogens is 3. The zero-order chi connectivity index (χ0) is 41.9. The summed E-state index contributed by atoms with van der Waals surface area (Å²) < 4.78 is 30.3. The van der Waals surface area contributed by atoms with Crippen LogP contribution in [0.4, 0.5) is 20.6 Å². The number of urea groups is 1. The second kappa shape index (κ2) is 17.4. The Morgan fingerprint density at radius 2 is 1.63 bits per heavy atom. The van der Waals surface area contributed by atoms with Crippen molar-refractivity contribution < 1.29 is 28.2 Å². The topological polar surface area (TPSA) is 155 Å². The Morgan fingerprint density at radius 3 is 2.32 bits per heavy atom. The molecular formula is C44H50FN9O6. The molecule has 3 aliphatic heterocycles. The maximum Gasteiger partial charge on any atom is 0.317 e. The summed E-state index contributed by atoms with van der Waals surface area (Å²) in [5, 5.41) is 14.0. The summed E-state index contributed by atoms with van der Waals surface area (Å²) in [4.78, 5) is 56.5. The van der Waals surface area contributed by atoms with Gasteiger partial charge < -0.3 is 34.5 Å². The Hall–Kier alpha value is -6.42. The van der Waals surface area contributed by atoms with Crippen LogP contribution in [0.2, 0.25) is 0 Å². The molecule has 1 unspecified atom stereocenters. The molecule has 3 saturated heterocycles. The molecule has 2 aromatic heterocycles. The molecule has 314 valence electrons. The van der Waals surface area contributed by atoms with Crippen molar-refractivity contribution in [3.05, 3.63) is 100 Å². The van der Waals surface area contributed by atoms with Crippen molar-refractivity contribution in [2.75, 3.05) is 63.7 Å². The molecule has 1 atom stereocenters. The molecule has 3 aliphatic rings. The van der Waals surface area contributed by atoms with Crippen LogP contribution in [0, 0.1) is 5.82 Å². The fourth-order valence-corrected chi connectivity index (χ4v) is 8.33. The number of fused-ring (bicyclic) bond motifs is 1. The average Bonchev–Trinajstić information content (AvgIpc) is 3.68. The van der Waals surface area contributed by atoms with Crippen molar-refractivity contribution in [3.8, 4) is 22.6 Å². The van der Waals surface area contributed by atoms with Gasteiger partial charge in [0.25, 0.3) is 5.56 Å². The minimum absolute atomic E-state index is 0.0632. The van der Waals surface area contributed by atoms with Crippen molar-refractivity contribution in [2.45, 2.75) is 50.9 Å². The van der Waals surface area contributed by atoms with Gasteiger partial charge in [0.05, 0.1) is 27.0 Å². The first kappa shape index (κ1) is 40.4. The second-order valence-corrected chi connectivity index (χ2v) is 15.7. The number of methoxy groups -OCH3 is 2. The number of amides is 4. The molecular weight excluding hydrogens is 770 g/mol. The van der Waals surface area contributed by atoms with E-state index in [2.05, 4.69) is 30.8 Å². The summed E-state index contributed by atoms with van der Waals surface area (Å²) in [6.45, 7) is 4.49. The van der Waals surface area contributed by atoms with Gasteiger partial charge in [0.15, 0.2) is 0 Å². The average molecular weight is 820 g/mol. The smallest absolute Gasteiger partial charge is 0.317 e. The number of benzene rings is 3. The lowest BCUT2D eigenvalue weighted by molar-refractivity contribution is -0.133. The van der Waals surface area contributed by atoms with E-state index in [0.29, 0.717) is 85.5 Å². The number of piperazine rings is 1. The highest BCUT2D eigenvalue weighted by molar-refractivity contribution is 6.01. The third-order valence-electron chi connectivity index (χ3n) is 11.8. The lowest BCUT2D eigenvalue weighted by Crippen LogP contribution is -2.54. The highest BCUT2D eigenvalue weighted by Crippen LogP contribution is 2.34. The van der Waals surface area contributed by atoms with Gasteiger partial charge in [-0.2, -0.15) is 5.10 Å². The minimum atomic E-state index is -0.427. The third kappa shape index (κ3) is 8.64. The molecule has 15 nitrogen and oxygen atoms in total.